The average molecular weight is 454 g/mol. The van der Waals surface area contributed by atoms with Gasteiger partial charge in [-0.2, -0.15) is 0 Å². The number of rotatable bonds is 8. The molecule has 0 aliphatic heterocycles. The summed E-state index contributed by atoms with van der Waals surface area (Å²) in [5.41, 5.74) is 7.14. The molecule has 0 atom stereocenters. The van der Waals surface area contributed by atoms with Crippen molar-refractivity contribution in [1.82, 2.24) is 9.55 Å². The molecule has 2 aromatic heterocycles. The Bertz CT molecular complexity index is 1130. The van der Waals surface area contributed by atoms with Crippen LogP contribution in [-0.2, 0) is 22.7 Å². The van der Waals surface area contributed by atoms with Gasteiger partial charge in [0.25, 0.3) is 0 Å². The Labute approximate surface area is 192 Å². The molecule has 2 heterocycles. The molecule has 172 valence electrons. The maximum absolute atomic E-state index is 12.3. The zero-order valence-corrected chi connectivity index (χ0v) is 21.5. The SMILES string of the molecule is COC(=O)c1cc2c(C)c(C)n(COC[Si](C)(C)C)c2c(NCc2c(C)cccc2C)n1. The average Bonchev–Trinajstić information content (AvgIpc) is 2.96. The highest BCUT2D eigenvalue weighted by Gasteiger charge is 2.21. The Morgan fingerprint density at radius 3 is 2.38 bits per heavy atom. The number of aromatic nitrogens is 2. The van der Waals surface area contributed by atoms with Crippen LogP contribution in [-0.4, -0.2) is 36.9 Å². The van der Waals surface area contributed by atoms with Crippen molar-refractivity contribution in [3.8, 4) is 0 Å². The Balaban J connectivity index is 2.08. The predicted molar refractivity (Wildman–Crippen MR) is 133 cm³/mol. The number of nitrogens with one attached hydrogen (secondary N) is 1. The van der Waals surface area contributed by atoms with Crippen LogP contribution in [0, 0.1) is 27.7 Å². The molecular weight excluding hydrogens is 418 g/mol. The van der Waals surface area contributed by atoms with Gasteiger partial charge in [0.1, 0.15) is 6.73 Å². The number of methoxy groups -OCH3 is 1. The van der Waals surface area contributed by atoms with Crippen LogP contribution in [0.4, 0.5) is 5.82 Å². The van der Waals surface area contributed by atoms with E-state index in [1.54, 1.807) is 0 Å². The maximum atomic E-state index is 12.3. The molecule has 0 aliphatic rings. The molecule has 0 aliphatic carbocycles. The van der Waals surface area contributed by atoms with Crippen molar-refractivity contribution in [3.63, 3.8) is 0 Å². The minimum Gasteiger partial charge on any atom is -0.464 e. The Kier molecular flexibility index (Phi) is 7.10. The smallest absolute Gasteiger partial charge is 0.356 e. The molecule has 0 unspecified atom stereocenters. The summed E-state index contributed by atoms with van der Waals surface area (Å²) in [5.74, 6) is 0.222. The van der Waals surface area contributed by atoms with E-state index >= 15 is 0 Å². The van der Waals surface area contributed by atoms with E-state index in [9.17, 15) is 4.79 Å². The number of fused-ring (bicyclic) bond motifs is 1. The molecule has 0 fully saturated rings. The topological polar surface area (TPSA) is 65.4 Å². The highest BCUT2D eigenvalue weighted by Crippen LogP contribution is 2.32. The largest absolute Gasteiger partial charge is 0.464 e. The van der Waals surface area contributed by atoms with E-state index in [2.05, 4.69) is 80.4 Å². The van der Waals surface area contributed by atoms with Crippen LogP contribution in [0.25, 0.3) is 10.9 Å². The van der Waals surface area contributed by atoms with E-state index in [0.717, 1.165) is 28.4 Å². The minimum atomic E-state index is -1.33. The third-order valence-electron chi connectivity index (χ3n) is 5.84. The van der Waals surface area contributed by atoms with E-state index in [1.165, 1.54) is 23.8 Å². The van der Waals surface area contributed by atoms with E-state index in [1.807, 2.05) is 6.07 Å². The van der Waals surface area contributed by atoms with E-state index in [-0.39, 0.29) is 0 Å². The molecule has 0 spiro atoms. The summed E-state index contributed by atoms with van der Waals surface area (Å²) in [7, 11) is 0.0490. The number of pyridine rings is 1. The lowest BCUT2D eigenvalue weighted by Crippen LogP contribution is -2.28. The first-order valence-corrected chi connectivity index (χ1v) is 14.7. The van der Waals surface area contributed by atoms with Gasteiger partial charge in [-0.3, -0.25) is 0 Å². The van der Waals surface area contributed by atoms with Crippen molar-refractivity contribution < 1.29 is 14.3 Å². The lowest BCUT2D eigenvalue weighted by molar-refractivity contribution is 0.0594. The van der Waals surface area contributed by atoms with Gasteiger partial charge in [-0.15, -0.1) is 0 Å². The van der Waals surface area contributed by atoms with Crippen LogP contribution in [0.1, 0.15) is 38.4 Å². The molecule has 7 heteroatoms. The molecule has 3 rings (SSSR count). The third kappa shape index (κ3) is 5.05. The van der Waals surface area contributed by atoms with Crippen molar-refractivity contribution in [3.05, 3.63) is 57.9 Å². The monoisotopic (exact) mass is 453 g/mol. The predicted octanol–water partition coefficient (Wildman–Crippen LogP) is 5.52. The zero-order chi connectivity index (χ0) is 23.6. The molecule has 1 N–H and O–H groups in total. The summed E-state index contributed by atoms with van der Waals surface area (Å²) in [4.78, 5) is 17.0. The Morgan fingerprint density at radius 1 is 1.12 bits per heavy atom. The molecule has 32 heavy (non-hydrogen) atoms. The number of hydrogen-bond donors (Lipinski definition) is 1. The summed E-state index contributed by atoms with van der Waals surface area (Å²) in [6, 6.07) is 8.11. The quantitative estimate of drug-likeness (QED) is 0.359. The van der Waals surface area contributed by atoms with Gasteiger partial charge in [-0.05, 0) is 56.0 Å². The molecule has 3 aromatic rings. The van der Waals surface area contributed by atoms with E-state index in [4.69, 9.17) is 9.47 Å². The second kappa shape index (κ2) is 9.46. The molecule has 0 bridgehead atoms. The van der Waals surface area contributed by atoms with Gasteiger partial charge in [0.05, 0.1) is 20.7 Å². The first-order chi connectivity index (χ1) is 15.0. The van der Waals surface area contributed by atoms with Crippen LogP contribution in [0.2, 0.25) is 19.6 Å². The van der Waals surface area contributed by atoms with Gasteiger partial charge in [0.2, 0.25) is 0 Å². The highest BCUT2D eigenvalue weighted by atomic mass is 28.3. The van der Waals surface area contributed by atoms with Crippen molar-refractivity contribution >= 4 is 30.8 Å². The number of esters is 1. The maximum Gasteiger partial charge on any atom is 0.356 e. The molecule has 0 radical (unpaired) electrons. The van der Waals surface area contributed by atoms with Crippen LogP contribution < -0.4 is 5.32 Å². The number of carbonyl (C=O) groups excluding carboxylic acids is 1. The normalized spacial score (nSPS) is 11.8. The number of carbonyl (C=O) groups is 1. The second-order valence-corrected chi connectivity index (χ2v) is 15.1. The Morgan fingerprint density at radius 2 is 1.78 bits per heavy atom. The fourth-order valence-corrected chi connectivity index (χ4v) is 4.60. The van der Waals surface area contributed by atoms with Crippen LogP contribution >= 0.6 is 0 Å². The number of ether oxygens (including phenoxy) is 2. The summed E-state index contributed by atoms with van der Waals surface area (Å²) >= 11 is 0. The second-order valence-electron chi connectivity index (χ2n) is 9.64. The first kappa shape index (κ1) is 24.0. The number of hydrogen-bond acceptors (Lipinski definition) is 5. The number of aryl methyl sites for hydroxylation is 3. The fraction of sp³-hybridized carbons (Fsp3) is 0.440. The molecule has 6 nitrogen and oxygen atoms in total. The van der Waals surface area contributed by atoms with Gasteiger partial charge in [0, 0.05) is 23.9 Å². The molecular formula is C25H35N3O3Si. The molecule has 0 saturated carbocycles. The minimum absolute atomic E-state index is 0.298. The van der Waals surface area contributed by atoms with Crippen molar-refractivity contribution in [2.24, 2.45) is 0 Å². The molecule has 0 amide bonds. The number of anilines is 1. The first-order valence-electron chi connectivity index (χ1n) is 11.0. The standard InChI is InChI=1S/C25H35N3O3Si/c1-16-10-9-11-17(2)21(16)13-26-24-23-20(12-22(27-24)25(29)30-5)18(3)19(4)28(23)14-31-15-32(6,7)8/h9-12H,13-15H2,1-8H3,(H,26,27). The van der Waals surface area contributed by atoms with Crippen LogP contribution in [0.15, 0.2) is 24.3 Å². The summed E-state index contributed by atoms with van der Waals surface area (Å²) in [6.45, 7) is 16.3. The van der Waals surface area contributed by atoms with Gasteiger partial charge in [-0.1, -0.05) is 37.8 Å². The van der Waals surface area contributed by atoms with Crippen LogP contribution in [0.5, 0.6) is 0 Å². The third-order valence-corrected chi connectivity index (χ3v) is 6.91. The summed E-state index contributed by atoms with van der Waals surface area (Å²) in [5, 5.41) is 4.49. The van der Waals surface area contributed by atoms with Crippen molar-refractivity contribution in [2.75, 3.05) is 18.7 Å². The van der Waals surface area contributed by atoms with E-state index < -0.39 is 14.0 Å². The van der Waals surface area contributed by atoms with Gasteiger partial charge >= 0.3 is 5.97 Å². The van der Waals surface area contributed by atoms with E-state index in [0.29, 0.717) is 24.8 Å². The highest BCUT2D eigenvalue weighted by molar-refractivity contribution is 6.76. The lowest BCUT2D eigenvalue weighted by Gasteiger charge is -2.18. The number of benzene rings is 1. The van der Waals surface area contributed by atoms with Crippen molar-refractivity contribution in [2.45, 2.75) is 60.6 Å². The Hall–Kier alpha value is -2.64. The summed E-state index contributed by atoms with van der Waals surface area (Å²) < 4.78 is 13.2. The van der Waals surface area contributed by atoms with Crippen molar-refractivity contribution in [1.29, 1.82) is 0 Å². The number of nitrogens with zero attached hydrogens (tertiary/aromatic N) is 2. The van der Waals surface area contributed by atoms with Gasteiger partial charge in [-0.25, -0.2) is 9.78 Å². The lowest BCUT2D eigenvalue weighted by atomic mass is 10.0. The van der Waals surface area contributed by atoms with Gasteiger partial charge < -0.3 is 19.4 Å². The van der Waals surface area contributed by atoms with Gasteiger partial charge in [0.15, 0.2) is 11.5 Å². The summed E-state index contributed by atoms with van der Waals surface area (Å²) in [6.07, 6.45) is 0.782. The molecule has 1 aromatic carbocycles. The zero-order valence-electron chi connectivity index (χ0n) is 20.5. The van der Waals surface area contributed by atoms with Crippen LogP contribution in [0.3, 0.4) is 0 Å². The fourth-order valence-electron chi connectivity index (χ4n) is 3.90. The molecule has 0 saturated heterocycles.